The van der Waals surface area contributed by atoms with Gasteiger partial charge < -0.3 is 5.11 Å². The molecule has 1 atom stereocenters. The Balaban J connectivity index is 2.11. The van der Waals surface area contributed by atoms with Crippen molar-refractivity contribution in [3.05, 3.63) is 94.8 Å². The summed E-state index contributed by atoms with van der Waals surface area (Å²) in [6.07, 6.45) is 4.31. The zero-order valence-corrected chi connectivity index (χ0v) is 15.5. The molecule has 1 unspecified atom stereocenters. The highest BCUT2D eigenvalue weighted by Crippen LogP contribution is 2.37. The highest BCUT2D eigenvalue weighted by atomic mass is 35.5. The van der Waals surface area contributed by atoms with Gasteiger partial charge in [-0.3, -0.25) is 9.71 Å². The first-order valence-electron chi connectivity index (χ1n) is 7.76. The van der Waals surface area contributed by atoms with Gasteiger partial charge in [0, 0.05) is 28.7 Å². The third kappa shape index (κ3) is 3.88. The van der Waals surface area contributed by atoms with Crippen molar-refractivity contribution in [1.29, 1.82) is 0 Å². The summed E-state index contributed by atoms with van der Waals surface area (Å²) < 4.78 is 25.2. The van der Waals surface area contributed by atoms with Gasteiger partial charge in [0.1, 0.15) is 5.60 Å². The summed E-state index contributed by atoms with van der Waals surface area (Å²) in [7, 11) is -3.37. The van der Waals surface area contributed by atoms with E-state index >= 15 is 0 Å². The van der Waals surface area contributed by atoms with Crippen molar-refractivity contribution in [3.63, 3.8) is 0 Å². The van der Waals surface area contributed by atoms with E-state index in [9.17, 15) is 13.5 Å². The van der Waals surface area contributed by atoms with E-state index in [0.717, 1.165) is 6.26 Å². The summed E-state index contributed by atoms with van der Waals surface area (Å²) in [5.41, 5.74) is 0.750. The van der Waals surface area contributed by atoms with E-state index in [1.165, 1.54) is 0 Å². The van der Waals surface area contributed by atoms with E-state index in [1.54, 1.807) is 73.1 Å². The maximum atomic E-state index is 11.6. The predicted octanol–water partition coefficient (Wildman–Crippen LogP) is 3.39. The molecule has 0 aliphatic carbocycles. The Morgan fingerprint density at radius 3 is 2.04 bits per heavy atom. The first-order valence-corrected chi connectivity index (χ1v) is 10.0. The van der Waals surface area contributed by atoms with E-state index < -0.39 is 15.6 Å². The first-order chi connectivity index (χ1) is 12.3. The molecule has 7 heteroatoms. The van der Waals surface area contributed by atoms with Gasteiger partial charge in [-0.25, -0.2) is 8.42 Å². The van der Waals surface area contributed by atoms with Crippen LogP contribution in [0.5, 0.6) is 0 Å². The molecule has 0 aliphatic rings. The number of rotatable bonds is 5. The van der Waals surface area contributed by atoms with Crippen LogP contribution in [0.3, 0.4) is 0 Å². The van der Waals surface area contributed by atoms with Crippen molar-refractivity contribution in [2.45, 2.75) is 5.60 Å². The molecule has 2 N–H and O–H groups in total. The number of aliphatic hydroxyl groups is 1. The van der Waals surface area contributed by atoms with Gasteiger partial charge in [0.05, 0.1) is 6.26 Å². The lowest BCUT2D eigenvalue weighted by Gasteiger charge is -2.30. The first kappa shape index (κ1) is 18.4. The standard InChI is InChI=1S/C19H17ClN2O3S/c1-26(24,25)22-18-10-6-15(7-11-18)19(23,16-3-2-12-21-13-16)14-4-8-17(20)9-5-14/h2-13,22-23H,1H3. The molecule has 1 aromatic heterocycles. The van der Waals surface area contributed by atoms with Crippen LogP contribution in [0.15, 0.2) is 73.1 Å². The van der Waals surface area contributed by atoms with Crippen molar-refractivity contribution < 1.29 is 13.5 Å². The Morgan fingerprint density at radius 1 is 0.962 bits per heavy atom. The van der Waals surface area contributed by atoms with Gasteiger partial charge in [-0.15, -0.1) is 0 Å². The molecule has 0 amide bonds. The number of sulfonamides is 1. The largest absolute Gasteiger partial charge is 0.376 e. The number of nitrogens with one attached hydrogen (secondary N) is 1. The SMILES string of the molecule is CS(=O)(=O)Nc1ccc(C(O)(c2ccc(Cl)cc2)c2cccnc2)cc1. The zero-order valence-electron chi connectivity index (χ0n) is 13.9. The van der Waals surface area contributed by atoms with E-state index in [4.69, 9.17) is 11.6 Å². The summed E-state index contributed by atoms with van der Waals surface area (Å²) in [6.45, 7) is 0. The van der Waals surface area contributed by atoms with E-state index in [1.807, 2.05) is 0 Å². The average molecular weight is 389 g/mol. The van der Waals surface area contributed by atoms with Crippen LogP contribution in [0.2, 0.25) is 5.02 Å². The number of pyridine rings is 1. The number of hydrogen-bond acceptors (Lipinski definition) is 4. The molecule has 0 spiro atoms. The van der Waals surface area contributed by atoms with E-state index in [0.29, 0.717) is 27.4 Å². The Kier molecular flexibility index (Phi) is 5.00. The third-order valence-corrected chi connectivity index (χ3v) is 4.81. The summed E-state index contributed by atoms with van der Waals surface area (Å²) in [4.78, 5) is 4.11. The number of hydrogen-bond donors (Lipinski definition) is 2. The van der Waals surface area contributed by atoms with Crippen LogP contribution in [-0.2, 0) is 15.6 Å². The molecular weight excluding hydrogens is 372 g/mol. The lowest BCUT2D eigenvalue weighted by Crippen LogP contribution is -2.29. The third-order valence-electron chi connectivity index (χ3n) is 3.95. The van der Waals surface area contributed by atoms with Crippen LogP contribution in [0, 0.1) is 0 Å². The molecule has 0 fully saturated rings. The Morgan fingerprint density at radius 2 is 1.54 bits per heavy atom. The molecule has 1 heterocycles. The van der Waals surface area contributed by atoms with E-state index in [-0.39, 0.29) is 0 Å². The minimum Gasteiger partial charge on any atom is -0.376 e. The lowest BCUT2D eigenvalue weighted by atomic mass is 9.81. The van der Waals surface area contributed by atoms with Gasteiger partial charge in [-0.2, -0.15) is 0 Å². The van der Waals surface area contributed by atoms with Gasteiger partial charge in [0.2, 0.25) is 10.0 Å². The average Bonchev–Trinajstić information content (AvgIpc) is 2.62. The Hall–Kier alpha value is -2.41. The molecule has 0 saturated carbocycles. The zero-order chi connectivity index (χ0) is 18.8. The second kappa shape index (κ2) is 7.07. The highest BCUT2D eigenvalue weighted by molar-refractivity contribution is 7.92. The van der Waals surface area contributed by atoms with Gasteiger partial charge in [-0.05, 0) is 41.5 Å². The van der Waals surface area contributed by atoms with Crippen molar-refractivity contribution in [2.24, 2.45) is 0 Å². The Labute approximate surface area is 157 Å². The molecule has 3 aromatic rings. The molecule has 3 rings (SSSR count). The molecule has 0 radical (unpaired) electrons. The maximum Gasteiger partial charge on any atom is 0.229 e. The number of halogens is 1. The Bertz CT molecular complexity index is 991. The molecule has 26 heavy (non-hydrogen) atoms. The van der Waals surface area contributed by atoms with Crippen LogP contribution < -0.4 is 4.72 Å². The van der Waals surface area contributed by atoms with Crippen LogP contribution in [0.25, 0.3) is 0 Å². The number of aromatic nitrogens is 1. The molecule has 0 bridgehead atoms. The number of anilines is 1. The smallest absolute Gasteiger partial charge is 0.229 e. The van der Waals surface area contributed by atoms with Crippen LogP contribution in [0.4, 0.5) is 5.69 Å². The van der Waals surface area contributed by atoms with Gasteiger partial charge in [0.25, 0.3) is 0 Å². The van der Waals surface area contributed by atoms with E-state index in [2.05, 4.69) is 9.71 Å². The molecule has 134 valence electrons. The molecule has 2 aromatic carbocycles. The summed E-state index contributed by atoms with van der Waals surface area (Å²) >= 11 is 5.98. The maximum absolute atomic E-state index is 11.6. The number of nitrogens with zero attached hydrogens (tertiary/aromatic N) is 1. The fourth-order valence-electron chi connectivity index (χ4n) is 2.76. The second-order valence-corrected chi connectivity index (χ2v) is 8.10. The molecule has 0 saturated heterocycles. The minimum atomic E-state index is -3.37. The predicted molar refractivity (Wildman–Crippen MR) is 103 cm³/mol. The minimum absolute atomic E-state index is 0.417. The quantitative estimate of drug-likeness (QED) is 0.702. The van der Waals surface area contributed by atoms with Crippen molar-refractivity contribution >= 4 is 27.3 Å². The molecule has 0 aliphatic heterocycles. The molecular formula is C19H17ClN2O3S. The normalized spacial score (nSPS) is 13.8. The topological polar surface area (TPSA) is 79.3 Å². The second-order valence-electron chi connectivity index (χ2n) is 5.91. The summed E-state index contributed by atoms with van der Waals surface area (Å²) in [5.74, 6) is 0. The van der Waals surface area contributed by atoms with Gasteiger partial charge in [0.15, 0.2) is 0 Å². The van der Waals surface area contributed by atoms with Crippen LogP contribution in [0.1, 0.15) is 16.7 Å². The monoisotopic (exact) mass is 388 g/mol. The molecule has 5 nitrogen and oxygen atoms in total. The van der Waals surface area contributed by atoms with Crippen molar-refractivity contribution in [3.8, 4) is 0 Å². The van der Waals surface area contributed by atoms with Gasteiger partial charge >= 0.3 is 0 Å². The summed E-state index contributed by atoms with van der Waals surface area (Å²) in [6, 6.07) is 17.0. The lowest BCUT2D eigenvalue weighted by molar-refractivity contribution is 0.125. The highest BCUT2D eigenvalue weighted by Gasteiger charge is 2.34. The fourth-order valence-corrected chi connectivity index (χ4v) is 3.45. The van der Waals surface area contributed by atoms with Crippen LogP contribution >= 0.6 is 11.6 Å². The number of benzene rings is 2. The van der Waals surface area contributed by atoms with Crippen LogP contribution in [-0.4, -0.2) is 24.8 Å². The van der Waals surface area contributed by atoms with Crippen molar-refractivity contribution in [1.82, 2.24) is 4.98 Å². The summed E-state index contributed by atoms with van der Waals surface area (Å²) in [5, 5.41) is 12.2. The fraction of sp³-hybridized carbons (Fsp3) is 0.105. The van der Waals surface area contributed by atoms with Crippen molar-refractivity contribution in [2.75, 3.05) is 11.0 Å². The van der Waals surface area contributed by atoms with Gasteiger partial charge in [-0.1, -0.05) is 41.9 Å².